The van der Waals surface area contributed by atoms with Crippen molar-refractivity contribution >= 4 is 12.1 Å². The van der Waals surface area contributed by atoms with Gasteiger partial charge in [0.05, 0.1) is 12.7 Å². The first-order valence-electron chi connectivity index (χ1n) is 13.8. The second kappa shape index (κ2) is 10.7. The summed E-state index contributed by atoms with van der Waals surface area (Å²) in [5, 5.41) is 2.79. The number of benzene rings is 2. The number of alkyl carbamates (subject to hydrolysis) is 1. The summed E-state index contributed by atoms with van der Waals surface area (Å²) in [7, 11) is 0. The number of hydrogen-bond donors (Lipinski definition) is 1. The van der Waals surface area contributed by atoms with Crippen molar-refractivity contribution in [1.82, 2.24) is 5.32 Å². The predicted octanol–water partition coefficient (Wildman–Crippen LogP) is 5.91. The van der Waals surface area contributed by atoms with E-state index in [0.717, 1.165) is 37.7 Å². The Hall–Kier alpha value is -2.90. The van der Waals surface area contributed by atoms with Crippen LogP contribution in [0.4, 0.5) is 4.79 Å². The van der Waals surface area contributed by atoms with Crippen LogP contribution in [-0.2, 0) is 36.8 Å². The third kappa shape index (κ3) is 5.74. The SMILES string of the molecule is C[C@@H]([C@@H]1COC2(CCCCC2)O1)[C@H](NC(=O)OCc1cccc2c1Cc1ccccc1-2)C(=O)OC(C)(C)C. The third-order valence-corrected chi connectivity index (χ3v) is 7.85. The maximum absolute atomic E-state index is 13.2. The largest absolute Gasteiger partial charge is 0.458 e. The third-order valence-electron chi connectivity index (χ3n) is 7.85. The van der Waals surface area contributed by atoms with Gasteiger partial charge in [0.1, 0.15) is 18.2 Å². The van der Waals surface area contributed by atoms with E-state index in [1.165, 1.54) is 28.7 Å². The van der Waals surface area contributed by atoms with Crippen LogP contribution in [0.5, 0.6) is 0 Å². The maximum Gasteiger partial charge on any atom is 0.408 e. The molecule has 7 nitrogen and oxygen atoms in total. The van der Waals surface area contributed by atoms with Crippen LogP contribution in [0.3, 0.4) is 0 Å². The highest BCUT2D eigenvalue weighted by Gasteiger charge is 2.47. The minimum absolute atomic E-state index is 0.116. The van der Waals surface area contributed by atoms with Gasteiger partial charge in [0, 0.05) is 18.8 Å². The highest BCUT2D eigenvalue weighted by atomic mass is 16.7. The molecule has 0 bridgehead atoms. The van der Waals surface area contributed by atoms with Gasteiger partial charge in [-0.25, -0.2) is 9.59 Å². The lowest BCUT2D eigenvalue weighted by Gasteiger charge is -2.34. The van der Waals surface area contributed by atoms with Gasteiger partial charge in [-0.2, -0.15) is 0 Å². The average molecular weight is 522 g/mol. The number of esters is 1. The first-order valence-corrected chi connectivity index (χ1v) is 13.8. The van der Waals surface area contributed by atoms with Crippen molar-refractivity contribution in [2.75, 3.05) is 6.61 Å². The number of fused-ring (bicyclic) bond motifs is 3. The average Bonchev–Trinajstić information content (AvgIpc) is 3.47. The smallest absolute Gasteiger partial charge is 0.408 e. The molecule has 2 aromatic rings. The first kappa shape index (κ1) is 26.7. The summed E-state index contributed by atoms with van der Waals surface area (Å²) in [5.41, 5.74) is 5.11. The fraction of sp³-hybridized carbons (Fsp3) is 0.548. The van der Waals surface area contributed by atoms with Crippen LogP contribution >= 0.6 is 0 Å². The van der Waals surface area contributed by atoms with E-state index in [1.54, 1.807) is 0 Å². The molecule has 2 fully saturated rings. The Kier molecular flexibility index (Phi) is 7.51. The summed E-state index contributed by atoms with van der Waals surface area (Å²) in [4.78, 5) is 26.2. The lowest BCUT2D eigenvalue weighted by molar-refractivity contribution is -0.193. The summed E-state index contributed by atoms with van der Waals surface area (Å²) in [6, 6.07) is 13.5. The zero-order valence-corrected chi connectivity index (χ0v) is 22.9. The summed E-state index contributed by atoms with van der Waals surface area (Å²) < 4.78 is 23.8. The lowest BCUT2D eigenvalue weighted by atomic mass is 9.93. The van der Waals surface area contributed by atoms with Crippen molar-refractivity contribution in [2.24, 2.45) is 5.92 Å². The van der Waals surface area contributed by atoms with E-state index in [1.807, 2.05) is 52.0 Å². The zero-order chi connectivity index (χ0) is 26.9. The van der Waals surface area contributed by atoms with Crippen molar-refractivity contribution in [3.8, 4) is 11.1 Å². The van der Waals surface area contributed by atoms with E-state index in [4.69, 9.17) is 18.9 Å². The second-order valence-electron chi connectivity index (χ2n) is 11.8. The van der Waals surface area contributed by atoms with E-state index in [9.17, 15) is 9.59 Å². The fourth-order valence-electron chi connectivity index (χ4n) is 5.85. The summed E-state index contributed by atoms with van der Waals surface area (Å²) in [5.74, 6) is -1.44. The van der Waals surface area contributed by atoms with Gasteiger partial charge in [0.15, 0.2) is 5.79 Å². The molecule has 0 radical (unpaired) electrons. The maximum atomic E-state index is 13.2. The van der Waals surface area contributed by atoms with Crippen LogP contribution in [0, 0.1) is 5.92 Å². The molecule has 1 heterocycles. The van der Waals surface area contributed by atoms with Crippen LogP contribution in [-0.4, -0.2) is 42.2 Å². The van der Waals surface area contributed by atoms with Gasteiger partial charge in [-0.1, -0.05) is 55.8 Å². The number of hydrogen-bond acceptors (Lipinski definition) is 6. The van der Waals surface area contributed by atoms with Gasteiger partial charge < -0.3 is 24.3 Å². The van der Waals surface area contributed by atoms with E-state index in [0.29, 0.717) is 6.61 Å². The predicted molar refractivity (Wildman–Crippen MR) is 143 cm³/mol. The molecule has 2 aromatic carbocycles. The number of ether oxygens (including phenoxy) is 4. The molecule has 1 spiro atoms. The molecule has 7 heteroatoms. The van der Waals surface area contributed by atoms with Crippen molar-refractivity contribution in [2.45, 2.75) is 96.4 Å². The van der Waals surface area contributed by atoms with E-state index in [2.05, 4.69) is 23.5 Å². The molecule has 2 aliphatic carbocycles. The van der Waals surface area contributed by atoms with E-state index in [-0.39, 0.29) is 18.6 Å². The molecular weight excluding hydrogens is 482 g/mol. The number of amides is 1. The molecule has 1 saturated carbocycles. The zero-order valence-electron chi connectivity index (χ0n) is 22.9. The number of carbonyl (C=O) groups excluding carboxylic acids is 2. The molecule has 3 atom stereocenters. The van der Waals surface area contributed by atoms with Crippen molar-refractivity contribution < 1.29 is 28.5 Å². The molecule has 1 N–H and O–H groups in total. The molecule has 3 aliphatic rings. The van der Waals surface area contributed by atoms with Gasteiger partial charge in [0.25, 0.3) is 0 Å². The minimum atomic E-state index is -0.931. The lowest BCUT2D eigenvalue weighted by Crippen LogP contribution is -2.51. The van der Waals surface area contributed by atoms with E-state index >= 15 is 0 Å². The second-order valence-corrected chi connectivity index (χ2v) is 11.8. The Bertz CT molecular complexity index is 1180. The van der Waals surface area contributed by atoms with Crippen LogP contribution in [0.1, 0.15) is 76.5 Å². The topological polar surface area (TPSA) is 83.1 Å². The van der Waals surface area contributed by atoms with Crippen LogP contribution in [0.2, 0.25) is 0 Å². The van der Waals surface area contributed by atoms with Crippen LogP contribution in [0.15, 0.2) is 42.5 Å². The molecule has 1 aliphatic heterocycles. The van der Waals surface area contributed by atoms with Crippen molar-refractivity contribution in [3.63, 3.8) is 0 Å². The van der Waals surface area contributed by atoms with Gasteiger partial charge in [0.2, 0.25) is 0 Å². The molecule has 38 heavy (non-hydrogen) atoms. The van der Waals surface area contributed by atoms with Gasteiger partial charge >= 0.3 is 12.1 Å². The van der Waals surface area contributed by atoms with Gasteiger partial charge in [-0.15, -0.1) is 0 Å². The van der Waals surface area contributed by atoms with Crippen LogP contribution in [0.25, 0.3) is 11.1 Å². The Labute approximate surface area is 225 Å². The molecular formula is C31H39NO6. The van der Waals surface area contributed by atoms with Crippen molar-refractivity contribution in [3.05, 3.63) is 59.2 Å². The van der Waals surface area contributed by atoms with Gasteiger partial charge in [-0.05, 0) is 67.9 Å². The first-order chi connectivity index (χ1) is 18.1. The molecule has 5 rings (SSSR count). The Morgan fingerprint density at radius 1 is 1.05 bits per heavy atom. The monoisotopic (exact) mass is 521 g/mol. The highest BCUT2D eigenvalue weighted by molar-refractivity contribution is 5.82. The van der Waals surface area contributed by atoms with Crippen molar-refractivity contribution in [1.29, 1.82) is 0 Å². The molecule has 1 saturated heterocycles. The normalized spacial score (nSPS) is 21.3. The molecule has 0 unspecified atom stereocenters. The standard InChI is InChI=1S/C31H39NO6/c1-20(26-19-36-31(37-26)15-8-5-9-16-31)27(28(33)38-30(2,3)4)32-29(34)35-18-22-12-10-14-24-23-13-7-6-11-21(23)17-25(22)24/h6-7,10-14,20,26-27H,5,8-9,15-19H2,1-4H3,(H,32,34)/t20-,26-,27-/m0/s1. The molecule has 204 valence electrons. The molecule has 1 amide bonds. The summed E-state index contributed by atoms with van der Waals surface area (Å²) >= 11 is 0. The van der Waals surface area contributed by atoms with Crippen LogP contribution < -0.4 is 5.32 Å². The Balaban J connectivity index is 1.26. The highest BCUT2D eigenvalue weighted by Crippen LogP contribution is 2.40. The summed E-state index contributed by atoms with van der Waals surface area (Å²) in [6.07, 6.45) is 4.84. The number of nitrogens with one attached hydrogen (secondary N) is 1. The Morgan fingerprint density at radius 3 is 2.55 bits per heavy atom. The minimum Gasteiger partial charge on any atom is -0.458 e. The van der Waals surface area contributed by atoms with E-state index < -0.39 is 29.5 Å². The number of rotatable bonds is 6. The molecule has 0 aromatic heterocycles. The number of carbonyl (C=O) groups is 2. The quantitative estimate of drug-likeness (QED) is 0.406. The fourth-order valence-corrected chi connectivity index (χ4v) is 5.85. The Morgan fingerprint density at radius 2 is 1.79 bits per heavy atom. The summed E-state index contributed by atoms with van der Waals surface area (Å²) in [6.45, 7) is 7.83. The van der Waals surface area contributed by atoms with Gasteiger partial charge in [-0.3, -0.25) is 0 Å².